The van der Waals surface area contributed by atoms with Gasteiger partial charge in [-0.1, -0.05) is 6.07 Å². The predicted molar refractivity (Wildman–Crippen MR) is 81.8 cm³/mol. The lowest BCUT2D eigenvalue weighted by atomic mass is 10.1. The first-order valence-electron chi connectivity index (χ1n) is 7.20. The van der Waals surface area contributed by atoms with Crippen LogP contribution in [-0.4, -0.2) is 36.1 Å². The minimum atomic E-state index is -4.53. The molecule has 9 heteroatoms. The lowest BCUT2D eigenvalue weighted by Crippen LogP contribution is -2.52. The third-order valence-corrected chi connectivity index (χ3v) is 3.52. The zero-order valence-corrected chi connectivity index (χ0v) is 12.7. The molecule has 1 aliphatic heterocycles. The summed E-state index contributed by atoms with van der Waals surface area (Å²) in [5, 5.41) is 4.83. The van der Waals surface area contributed by atoms with Gasteiger partial charge < -0.3 is 9.32 Å². The van der Waals surface area contributed by atoms with Crippen molar-refractivity contribution >= 4 is 23.7 Å². The molecule has 1 aromatic carbocycles. The Morgan fingerprint density at radius 1 is 1.08 bits per heavy atom. The van der Waals surface area contributed by atoms with Gasteiger partial charge >= 0.3 is 6.18 Å². The number of piperazine rings is 1. The maximum Gasteiger partial charge on any atom is 0.416 e. The smallest absolute Gasteiger partial charge is 0.416 e. The van der Waals surface area contributed by atoms with Gasteiger partial charge in [0.05, 0.1) is 18.0 Å². The van der Waals surface area contributed by atoms with Crippen LogP contribution in [0.15, 0.2) is 52.2 Å². The Labute approximate surface area is 140 Å². The summed E-state index contributed by atoms with van der Waals surface area (Å²) in [6, 6.07) is 7.54. The van der Waals surface area contributed by atoms with Crippen LogP contribution in [0.25, 0.3) is 0 Å². The van der Waals surface area contributed by atoms with E-state index in [1.165, 1.54) is 24.6 Å². The number of hydrazone groups is 1. The monoisotopic (exact) mass is 351 g/mol. The minimum absolute atomic E-state index is 0.0165. The lowest BCUT2D eigenvalue weighted by Gasteiger charge is -2.31. The quantitative estimate of drug-likeness (QED) is 0.798. The number of amides is 2. The van der Waals surface area contributed by atoms with Crippen molar-refractivity contribution in [3.8, 4) is 0 Å². The van der Waals surface area contributed by atoms with Gasteiger partial charge in [0.25, 0.3) is 5.91 Å². The Bertz CT molecular complexity index is 816. The molecule has 2 heterocycles. The average Bonchev–Trinajstić information content (AvgIpc) is 3.08. The molecule has 130 valence electrons. The fourth-order valence-corrected chi connectivity index (χ4v) is 2.29. The van der Waals surface area contributed by atoms with Crippen molar-refractivity contribution < 1.29 is 27.2 Å². The number of halogens is 3. The molecule has 1 saturated heterocycles. The molecule has 1 aromatic heterocycles. The Balaban J connectivity index is 1.77. The van der Waals surface area contributed by atoms with Crippen LogP contribution >= 0.6 is 0 Å². The van der Waals surface area contributed by atoms with Gasteiger partial charge in [-0.15, -0.1) is 0 Å². The number of carbonyl (C=O) groups excluding carboxylic acids is 2. The molecule has 1 aliphatic rings. The van der Waals surface area contributed by atoms with Gasteiger partial charge in [-0.3, -0.25) is 9.59 Å². The van der Waals surface area contributed by atoms with Gasteiger partial charge in [-0.05, 0) is 30.3 Å². The number of alkyl halides is 3. The number of hydrogen-bond acceptors (Lipinski definition) is 4. The van der Waals surface area contributed by atoms with Gasteiger partial charge in [-0.2, -0.15) is 18.3 Å². The summed E-state index contributed by atoms with van der Waals surface area (Å²) in [7, 11) is 0. The molecule has 1 fully saturated rings. The Kier molecular flexibility index (Phi) is 4.30. The second-order valence-electron chi connectivity index (χ2n) is 5.24. The number of furan rings is 1. The molecular weight excluding hydrogens is 339 g/mol. The molecule has 0 N–H and O–H groups in total. The molecule has 0 unspecified atom stereocenters. The van der Waals surface area contributed by atoms with Gasteiger partial charge in [0.15, 0.2) is 0 Å². The molecule has 3 rings (SSSR count). The summed E-state index contributed by atoms with van der Waals surface area (Å²) >= 11 is 0. The van der Waals surface area contributed by atoms with Crippen LogP contribution in [0.5, 0.6) is 0 Å². The number of carbonyl (C=O) groups is 2. The average molecular weight is 351 g/mol. The maximum absolute atomic E-state index is 12.8. The molecule has 0 saturated carbocycles. The van der Waals surface area contributed by atoms with Crippen LogP contribution in [0.1, 0.15) is 11.3 Å². The number of hydrogen-bond donors (Lipinski definition) is 0. The van der Waals surface area contributed by atoms with Crippen molar-refractivity contribution in [2.45, 2.75) is 6.18 Å². The molecule has 6 nitrogen and oxygen atoms in total. The highest BCUT2D eigenvalue weighted by molar-refractivity contribution is 6.04. The molecule has 0 radical (unpaired) electrons. The third kappa shape index (κ3) is 3.70. The minimum Gasteiger partial charge on any atom is -0.463 e. The first kappa shape index (κ1) is 16.7. The maximum atomic E-state index is 12.8. The van der Waals surface area contributed by atoms with Crippen LogP contribution in [0, 0.1) is 0 Å². The number of rotatable bonds is 3. The first-order chi connectivity index (χ1) is 11.8. The summed E-state index contributed by atoms with van der Waals surface area (Å²) in [6.45, 7) is -0.762. The van der Waals surface area contributed by atoms with Gasteiger partial charge in [0, 0.05) is 5.69 Å². The Morgan fingerprint density at radius 3 is 2.56 bits per heavy atom. The van der Waals surface area contributed by atoms with Crippen molar-refractivity contribution in [2.75, 3.05) is 18.0 Å². The summed E-state index contributed by atoms with van der Waals surface area (Å²) < 4.78 is 43.4. The van der Waals surface area contributed by atoms with Crippen molar-refractivity contribution in [1.29, 1.82) is 0 Å². The topological polar surface area (TPSA) is 66.1 Å². The highest BCUT2D eigenvalue weighted by atomic mass is 19.4. The summed E-state index contributed by atoms with van der Waals surface area (Å²) in [5.41, 5.74) is -0.869. The summed E-state index contributed by atoms with van der Waals surface area (Å²) in [4.78, 5) is 25.4. The molecule has 25 heavy (non-hydrogen) atoms. The van der Waals surface area contributed by atoms with Crippen molar-refractivity contribution in [1.82, 2.24) is 5.01 Å². The Hall–Kier alpha value is -3.10. The fraction of sp³-hybridized carbons (Fsp3) is 0.188. The van der Waals surface area contributed by atoms with Crippen molar-refractivity contribution in [2.24, 2.45) is 5.10 Å². The second kappa shape index (κ2) is 6.42. The second-order valence-corrected chi connectivity index (χ2v) is 5.24. The van der Waals surface area contributed by atoms with Crippen LogP contribution in [0.2, 0.25) is 0 Å². The number of anilines is 1. The van der Waals surface area contributed by atoms with E-state index >= 15 is 0 Å². The lowest BCUT2D eigenvalue weighted by molar-refractivity contribution is -0.138. The molecule has 0 spiro atoms. The first-order valence-corrected chi connectivity index (χ1v) is 7.20. The normalized spacial score (nSPS) is 16.1. The van der Waals surface area contributed by atoms with Crippen LogP contribution in [-0.2, 0) is 15.8 Å². The molecule has 0 bridgehead atoms. The van der Waals surface area contributed by atoms with Gasteiger partial charge in [-0.25, -0.2) is 5.01 Å². The van der Waals surface area contributed by atoms with Gasteiger partial charge in [0.1, 0.15) is 18.8 Å². The van der Waals surface area contributed by atoms with E-state index in [2.05, 4.69) is 5.10 Å². The van der Waals surface area contributed by atoms with E-state index in [4.69, 9.17) is 4.42 Å². The van der Waals surface area contributed by atoms with E-state index in [9.17, 15) is 22.8 Å². The SMILES string of the molecule is O=C1CN(c2cccc(C(F)(F)F)c2)C(=O)CN1N=Cc1ccco1. The number of benzene rings is 1. The molecular formula is C16H12F3N3O3. The van der Waals surface area contributed by atoms with Crippen LogP contribution in [0.4, 0.5) is 18.9 Å². The van der Waals surface area contributed by atoms with E-state index in [-0.39, 0.29) is 12.2 Å². The molecule has 2 aromatic rings. The zero-order valence-electron chi connectivity index (χ0n) is 12.7. The van der Waals surface area contributed by atoms with Crippen molar-refractivity contribution in [3.05, 3.63) is 54.0 Å². The van der Waals surface area contributed by atoms with E-state index in [0.29, 0.717) is 5.76 Å². The van der Waals surface area contributed by atoms with Gasteiger partial charge in [0.2, 0.25) is 5.91 Å². The molecule has 2 amide bonds. The third-order valence-electron chi connectivity index (χ3n) is 3.52. The summed E-state index contributed by atoms with van der Waals surface area (Å²) in [6.07, 6.45) is -1.82. The highest BCUT2D eigenvalue weighted by Gasteiger charge is 2.34. The largest absolute Gasteiger partial charge is 0.463 e. The van der Waals surface area contributed by atoms with E-state index < -0.39 is 30.1 Å². The standard InChI is InChI=1S/C16H12F3N3O3/c17-16(18,19)11-3-1-4-12(7-11)21-9-15(24)22(10-14(21)23)20-8-13-5-2-6-25-13/h1-8H,9-10H2. The Morgan fingerprint density at radius 2 is 1.88 bits per heavy atom. The highest BCUT2D eigenvalue weighted by Crippen LogP contribution is 2.32. The van der Waals surface area contributed by atoms with E-state index in [0.717, 1.165) is 22.0 Å². The predicted octanol–water partition coefficient (Wildman–Crippen LogP) is 2.51. The van der Waals surface area contributed by atoms with Crippen molar-refractivity contribution in [3.63, 3.8) is 0 Å². The van der Waals surface area contributed by atoms with Crippen LogP contribution < -0.4 is 4.90 Å². The zero-order chi connectivity index (χ0) is 18.0. The fourth-order valence-electron chi connectivity index (χ4n) is 2.29. The molecule has 0 atom stereocenters. The van der Waals surface area contributed by atoms with E-state index in [1.807, 2.05) is 0 Å². The molecule has 0 aliphatic carbocycles. The summed E-state index contributed by atoms with van der Waals surface area (Å²) in [5.74, 6) is -0.643. The number of nitrogens with zero attached hydrogens (tertiary/aromatic N) is 3. The van der Waals surface area contributed by atoms with E-state index in [1.54, 1.807) is 12.1 Å². The van der Waals surface area contributed by atoms with Crippen LogP contribution in [0.3, 0.4) is 0 Å².